The van der Waals surface area contributed by atoms with Gasteiger partial charge in [0.2, 0.25) is 5.91 Å². The Hall–Kier alpha value is -4.08. The minimum atomic E-state index is -0.328. The molecule has 1 aliphatic rings. The molecule has 2 atom stereocenters. The van der Waals surface area contributed by atoms with Crippen LogP contribution in [0.15, 0.2) is 85.2 Å². The Morgan fingerprint density at radius 2 is 1.95 bits per heavy atom. The third-order valence-corrected chi connectivity index (χ3v) is 6.65. The lowest BCUT2D eigenvalue weighted by molar-refractivity contribution is -0.119. The highest BCUT2D eigenvalue weighted by Gasteiger charge is 2.42. The maximum atomic E-state index is 14.9. The SMILES string of the molecule is COCC(=O)Nc1ccc(N2C(=S)NC(c3ccccn3)C2c2cccn2-c2ccccc2F)cc1C. The van der Waals surface area contributed by atoms with Crippen molar-refractivity contribution in [1.29, 1.82) is 0 Å². The van der Waals surface area contributed by atoms with Crippen molar-refractivity contribution in [3.63, 3.8) is 0 Å². The highest BCUT2D eigenvalue weighted by atomic mass is 32.1. The van der Waals surface area contributed by atoms with Gasteiger partial charge in [0, 0.05) is 36.6 Å². The summed E-state index contributed by atoms with van der Waals surface area (Å²) in [6.07, 6.45) is 3.60. The van der Waals surface area contributed by atoms with Crippen LogP contribution in [0, 0.1) is 12.7 Å². The zero-order chi connectivity index (χ0) is 25.9. The van der Waals surface area contributed by atoms with Gasteiger partial charge in [-0.2, -0.15) is 0 Å². The van der Waals surface area contributed by atoms with Gasteiger partial charge in [-0.25, -0.2) is 4.39 Å². The average Bonchev–Trinajstić information content (AvgIpc) is 3.50. The van der Waals surface area contributed by atoms with Crippen molar-refractivity contribution >= 4 is 34.6 Å². The van der Waals surface area contributed by atoms with Gasteiger partial charge < -0.3 is 24.8 Å². The van der Waals surface area contributed by atoms with E-state index in [-0.39, 0.29) is 30.4 Å². The summed E-state index contributed by atoms with van der Waals surface area (Å²) >= 11 is 5.83. The number of nitrogens with one attached hydrogen (secondary N) is 2. The van der Waals surface area contributed by atoms with Crippen LogP contribution in [0.3, 0.4) is 0 Å². The minimum absolute atomic E-state index is 0.0256. The number of aromatic nitrogens is 2. The molecule has 2 aromatic heterocycles. The number of anilines is 2. The van der Waals surface area contributed by atoms with Gasteiger partial charge in [-0.05, 0) is 79.3 Å². The number of thiocarbonyl (C=S) groups is 1. The average molecular weight is 516 g/mol. The summed E-state index contributed by atoms with van der Waals surface area (Å²) in [6.45, 7) is 1.90. The number of amides is 1. The van der Waals surface area contributed by atoms with E-state index < -0.39 is 0 Å². The van der Waals surface area contributed by atoms with Gasteiger partial charge in [-0.3, -0.25) is 9.78 Å². The molecule has 0 aliphatic carbocycles. The summed E-state index contributed by atoms with van der Waals surface area (Å²) in [5.41, 5.74) is 4.52. The molecule has 1 aliphatic heterocycles. The molecule has 7 nitrogen and oxygen atoms in total. The van der Waals surface area contributed by atoms with Gasteiger partial charge in [0.15, 0.2) is 5.11 Å². The molecule has 2 aromatic carbocycles. The second-order valence-electron chi connectivity index (χ2n) is 8.73. The fraction of sp³-hybridized carbons (Fsp3) is 0.179. The first kappa shape index (κ1) is 24.6. The first-order valence-electron chi connectivity index (χ1n) is 11.8. The summed E-state index contributed by atoms with van der Waals surface area (Å²) in [4.78, 5) is 18.7. The summed E-state index contributed by atoms with van der Waals surface area (Å²) in [5.74, 6) is -0.547. The zero-order valence-electron chi connectivity index (χ0n) is 20.4. The van der Waals surface area contributed by atoms with Crippen molar-refractivity contribution in [3.05, 3.63) is 108 Å². The fourth-order valence-electron chi connectivity index (χ4n) is 4.69. The molecule has 2 unspecified atom stereocenters. The molecule has 4 aromatic rings. The van der Waals surface area contributed by atoms with E-state index in [1.807, 2.05) is 77.2 Å². The largest absolute Gasteiger partial charge is 0.375 e. The molecule has 9 heteroatoms. The van der Waals surface area contributed by atoms with Gasteiger partial charge in [-0.15, -0.1) is 0 Å². The summed E-state index contributed by atoms with van der Waals surface area (Å²) in [5, 5.41) is 6.82. The van der Waals surface area contributed by atoms with E-state index in [4.69, 9.17) is 17.0 Å². The molecule has 1 fully saturated rings. The van der Waals surface area contributed by atoms with Crippen LogP contribution in [0.5, 0.6) is 0 Å². The molecular weight excluding hydrogens is 489 g/mol. The molecule has 3 heterocycles. The maximum absolute atomic E-state index is 14.9. The number of carbonyl (C=O) groups is 1. The number of hydrogen-bond donors (Lipinski definition) is 2. The summed E-state index contributed by atoms with van der Waals surface area (Å²) in [6, 6.07) is 21.4. The second-order valence-corrected chi connectivity index (χ2v) is 9.12. The van der Waals surface area contributed by atoms with E-state index in [1.54, 1.807) is 18.3 Å². The summed E-state index contributed by atoms with van der Waals surface area (Å²) < 4.78 is 21.6. The van der Waals surface area contributed by atoms with E-state index in [0.717, 1.165) is 22.6 Å². The number of halogens is 1. The molecule has 5 rings (SSSR count). The van der Waals surface area contributed by atoms with Gasteiger partial charge in [0.25, 0.3) is 0 Å². The Balaban J connectivity index is 1.60. The Labute approximate surface area is 219 Å². The van der Waals surface area contributed by atoms with Gasteiger partial charge >= 0.3 is 0 Å². The normalized spacial score (nSPS) is 17.1. The van der Waals surface area contributed by atoms with Crippen molar-refractivity contribution in [3.8, 4) is 5.69 Å². The Kier molecular flexibility index (Phi) is 6.98. The number of nitrogens with zero attached hydrogens (tertiary/aromatic N) is 3. The van der Waals surface area contributed by atoms with E-state index >= 15 is 0 Å². The summed E-state index contributed by atoms with van der Waals surface area (Å²) in [7, 11) is 1.48. The molecule has 0 radical (unpaired) electrons. The van der Waals surface area contributed by atoms with E-state index in [9.17, 15) is 9.18 Å². The lowest BCUT2D eigenvalue weighted by atomic mass is 10.00. The van der Waals surface area contributed by atoms with Crippen LogP contribution < -0.4 is 15.5 Å². The van der Waals surface area contributed by atoms with E-state index in [2.05, 4.69) is 15.6 Å². The third kappa shape index (κ3) is 4.83. The molecule has 188 valence electrons. The smallest absolute Gasteiger partial charge is 0.250 e. The predicted octanol–water partition coefficient (Wildman–Crippen LogP) is 5.08. The molecule has 0 saturated carbocycles. The van der Waals surface area contributed by atoms with Crippen LogP contribution in [-0.2, 0) is 9.53 Å². The van der Waals surface area contributed by atoms with Gasteiger partial charge in [-0.1, -0.05) is 18.2 Å². The predicted molar refractivity (Wildman–Crippen MR) is 145 cm³/mol. The second kappa shape index (κ2) is 10.5. The topological polar surface area (TPSA) is 71.4 Å². The first-order valence-corrected chi connectivity index (χ1v) is 12.2. The van der Waals surface area contributed by atoms with Crippen molar-refractivity contribution in [1.82, 2.24) is 14.9 Å². The lowest BCUT2D eigenvalue weighted by Gasteiger charge is -2.29. The Morgan fingerprint density at radius 1 is 1.14 bits per heavy atom. The lowest BCUT2D eigenvalue weighted by Crippen LogP contribution is -2.30. The van der Waals surface area contributed by atoms with Crippen LogP contribution in [0.2, 0.25) is 0 Å². The molecular formula is C28H26FN5O2S. The zero-order valence-corrected chi connectivity index (χ0v) is 21.2. The number of hydrogen-bond acceptors (Lipinski definition) is 4. The van der Waals surface area contributed by atoms with Crippen molar-refractivity contribution in [2.75, 3.05) is 23.9 Å². The van der Waals surface area contributed by atoms with Crippen LogP contribution in [0.4, 0.5) is 15.8 Å². The Morgan fingerprint density at radius 3 is 2.68 bits per heavy atom. The maximum Gasteiger partial charge on any atom is 0.250 e. The fourth-order valence-corrected chi connectivity index (χ4v) is 5.04. The number of rotatable bonds is 7. The van der Waals surface area contributed by atoms with Crippen LogP contribution in [0.25, 0.3) is 5.69 Å². The highest BCUT2D eigenvalue weighted by molar-refractivity contribution is 7.80. The number of aryl methyl sites for hydroxylation is 1. The Bertz CT molecular complexity index is 1440. The van der Waals surface area contributed by atoms with E-state index in [1.165, 1.54) is 13.2 Å². The number of para-hydroxylation sites is 1. The number of methoxy groups -OCH3 is 1. The molecule has 2 N–H and O–H groups in total. The molecule has 37 heavy (non-hydrogen) atoms. The van der Waals surface area contributed by atoms with Crippen molar-refractivity contribution in [2.45, 2.75) is 19.0 Å². The third-order valence-electron chi connectivity index (χ3n) is 6.33. The quantitative estimate of drug-likeness (QED) is 0.335. The van der Waals surface area contributed by atoms with Crippen molar-refractivity contribution in [2.24, 2.45) is 0 Å². The minimum Gasteiger partial charge on any atom is -0.375 e. The van der Waals surface area contributed by atoms with Crippen LogP contribution in [-0.4, -0.2) is 34.3 Å². The molecule has 1 amide bonds. The first-order chi connectivity index (χ1) is 18.0. The van der Waals surface area contributed by atoms with Gasteiger partial charge in [0.05, 0.1) is 17.4 Å². The van der Waals surface area contributed by atoms with E-state index in [0.29, 0.717) is 16.5 Å². The number of carbonyl (C=O) groups excluding carboxylic acids is 1. The molecule has 0 bridgehead atoms. The number of pyridine rings is 1. The van der Waals surface area contributed by atoms with Crippen LogP contribution in [0.1, 0.15) is 29.0 Å². The standard InChI is InChI=1S/C28H26FN5O2S/c1-18-16-19(12-13-21(18)31-25(35)17-36-2)34-27(26(32-28(34)37)22-9-5-6-14-30-22)24-11-7-15-33(24)23-10-4-3-8-20(23)29/h3-16,26-27H,17H2,1-2H3,(H,31,35)(H,32,37). The number of benzene rings is 2. The number of ether oxygens (including phenoxy) is 1. The highest BCUT2D eigenvalue weighted by Crippen LogP contribution is 2.43. The van der Waals surface area contributed by atoms with Crippen LogP contribution >= 0.6 is 12.2 Å². The molecule has 1 saturated heterocycles. The monoisotopic (exact) mass is 515 g/mol. The van der Waals surface area contributed by atoms with Gasteiger partial charge in [0.1, 0.15) is 18.5 Å². The van der Waals surface area contributed by atoms with Crippen molar-refractivity contribution < 1.29 is 13.9 Å². The molecule has 0 spiro atoms.